The first kappa shape index (κ1) is 24.1. The number of nitro groups is 1. The molecule has 9 nitrogen and oxygen atoms in total. The number of likely N-dealkylation sites (tertiary alicyclic amines) is 1. The molecule has 2 aromatic rings. The third-order valence-electron chi connectivity index (χ3n) is 9.29. The quantitative estimate of drug-likeness (QED) is 0.334. The number of amides is 1. The number of non-ortho nitro benzene ring substituents is 1. The average molecular weight is 528 g/mol. The largest absolute Gasteiger partial charge is 0.493 e. The van der Waals surface area contributed by atoms with Crippen molar-refractivity contribution in [2.45, 2.75) is 48.8 Å². The highest BCUT2D eigenvalue weighted by Crippen LogP contribution is 2.63. The number of nitro benzene ring substituents is 1. The molecule has 0 unspecified atom stereocenters. The monoisotopic (exact) mass is 527 g/mol. The van der Waals surface area contributed by atoms with E-state index < -0.39 is 22.0 Å². The van der Waals surface area contributed by atoms with Gasteiger partial charge in [0.25, 0.3) is 5.69 Å². The molecule has 0 aromatic heterocycles. The molecule has 2 aromatic carbocycles. The number of benzene rings is 2. The number of nitrogens with one attached hydrogen (secondary N) is 1. The third-order valence-corrected chi connectivity index (χ3v) is 9.29. The van der Waals surface area contributed by atoms with Gasteiger partial charge in [0.15, 0.2) is 23.4 Å². The van der Waals surface area contributed by atoms with Gasteiger partial charge in [-0.2, -0.15) is 0 Å². The lowest BCUT2D eigenvalue weighted by molar-refractivity contribution is -0.384. The van der Waals surface area contributed by atoms with Crippen molar-refractivity contribution in [1.29, 1.82) is 0 Å². The molecule has 1 spiro atoms. The van der Waals surface area contributed by atoms with Crippen LogP contribution in [0.25, 0.3) is 6.08 Å². The fourth-order valence-corrected chi connectivity index (χ4v) is 7.41. The number of carbonyl (C=O) groups is 2. The van der Waals surface area contributed by atoms with Crippen LogP contribution < -0.4 is 14.8 Å². The Labute approximate surface area is 225 Å². The molecule has 5 aliphatic rings. The standard InChI is InChI=1S/C30H29N3O6/c1-38-23-10-7-20-16-24-30(31-25(35)11-6-18-4-8-21(9-5-18)33(36)37)13-12-22(34)28-29(30,26(20)27(23)39-28)14-15-32(24)17-19-2-3-19/h4-13,19,24,28H,2-3,14-17H2,1H3,(H,31,35)/b11-6+/t24-,28+,29+,30-/m1/s1. The summed E-state index contributed by atoms with van der Waals surface area (Å²) in [5.74, 6) is 1.51. The second kappa shape index (κ2) is 8.51. The summed E-state index contributed by atoms with van der Waals surface area (Å²) in [4.78, 5) is 40.0. The Morgan fingerprint density at radius 2 is 2.05 bits per heavy atom. The molecule has 1 N–H and O–H groups in total. The summed E-state index contributed by atoms with van der Waals surface area (Å²) in [6.45, 7) is 1.80. The topological polar surface area (TPSA) is 111 Å². The second-order valence-corrected chi connectivity index (χ2v) is 11.3. The van der Waals surface area contributed by atoms with Crippen LogP contribution in [0.5, 0.6) is 11.5 Å². The average Bonchev–Trinajstić information content (AvgIpc) is 3.68. The number of ketones is 1. The summed E-state index contributed by atoms with van der Waals surface area (Å²) < 4.78 is 12.1. The first-order valence-corrected chi connectivity index (χ1v) is 13.4. The van der Waals surface area contributed by atoms with E-state index in [0.717, 1.165) is 30.6 Å². The molecule has 2 heterocycles. The van der Waals surface area contributed by atoms with E-state index in [2.05, 4.69) is 16.3 Å². The molecule has 0 radical (unpaired) electrons. The SMILES string of the molecule is COc1ccc2c3c1O[C@H]1C(=O)C=C[C@@]4(NC(=O)/C=C/c5ccc([N+](=O)[O-])cc5)[C@@H](C2)N(CC2CC2)CC[C@]314. The summed E-state index contributed by atoms with van der Waals surface area (Å²) in [5, 5.41) is 14.4. The van der Waals surface area contributed by atoms with Crippen LogP contribution >= 0.6 is 0 Å². The van der Waals surface area contributed by atoms with Crippen LogP contribution in [0.2, 0.25) is 0 Å². The maximum atomic E-state index is 13.6. The fraction of sp³-hybridized carbons (Fsp3) is 0.400. The Kier molecular flexibility index (Phi) is 5.26. The normalized spacial score (nSPS) is 30.1. The zero-order valence-electron chi connectivity index (χ0n) is 21.6. The van der Waals surface area contributed by atoms with Gasteiger partial charge in [0, 0.05) is 36.4 Å². The van der Waals surface area contributed by atoms with E-state index in [4.69, 9.17) is 9.47 Å². The molecule has 39 heavy (non-hydrogen) atoms. The van der Waals surface area contributed by atoms with E-state index in [-0.39, 0.29) is 23.4 Å². The van der Waals surface area contributed by atoms with Gasteiger partial charge in [-0.3, -0.25) is 24.6 Å². The van der Waals surface area contributed by atoms with Crippen LogP contribution in [0, 0.1) is 16.0 Å². The minimum atomic E-state index is -0.847. The molecule has 1 saturated carbocycles. The fourth-order valence-electron chi connectivity index (χ4n) is 7.41. The molecular weight excluding hydrogens is 498 g/mol. The third kappa shape index (κ3) is 3.42. The summed E-state index contributed by atoms with van der Waals surface area (Å²) in [7, 11) is 1.60. The van der Waals surface area contributed by atoms with Crippen molar-refractivity contribution >= 4 is 23.5 Å². The molecule has 4 atom stereocenters. The predicted octanol–water partition coefficient (Wildman–Crippen LogP) is 3.35. The summed E-state index contributed by atoms with van der Waals surface area (Å²) in [6.07, 6.45) is 9.73. The lowest BCUT2D eigenvalue weighted by Gasteiger charge is -2.63. The van der Waals surface area contributed by atoms with Crippen molar-refractivity contribution in [2.75, 3.05) is 20.2 Å². The summed E-state index contributed by atoms with van der Waals surface area (Å²) in [6, 6.07) is 10.0. The predicted molar refractivity (Wildman–Crippen MR) is 143 cm³/mol. The first-order valence-electron chi connectivity index (χ1n) is 13.4. The van der Waals surface area contributed by atoms with Gasteiger partial charge in [-0.25, -0.2) is 0 Å². The van der Waals surface area contributed by atoms with Crippen LogP contribution in [0.3, 0.4) is 0 Å². The molecule has 1 amide bonds. The number of hydrogen-bond acceptors (Lipinski definition) is 7. The highest BCUT2D eigenvalue weighted by molar-refractivity contribution is 6.00. The Morgan fingerprint density at radius 1 is 1.26 bits per heavy atom. The number of rotatable bonds is 7. The Morgan fingerprint density at radius 3 is 2.77 bits per heavy atom. The lowest BCUT2D eigenvalue weighted by Crippen LogP contribution is -2.80. The second-order valence-electron chi connectivity index (χ2n) is 11.3. The molecule has 3 aliphatic carbocycles. The maximum Gasteiger partial charge on any atom is 0.269 e. The van der Waals surface area contributed by atoms with Gasteiger partial charge in [0.05, 0.1) is 23.0 Å². The van der Waals surface area contributed by atoms with Crippen LogP contribution in [-0.4, -0.2) is 59.4 Å². The maximum absolute atomic E-state index is 13.6. The van der Waals surface area contributed by atoms with Crippen LogP contribution in [0.15, 0.2) is 54.6 Å². The zero-order valence-corrected chi connectivity index (χ0v) is 21.6. The summed E-state index contributed by atoms with van der Waals surface area (Å²) >= 11 is 0. The van der Waals surface area contributed by atoms with Crippen molar-refractivity contribution in [3.63, 3.8) is 0 Å². The minimum absolute atomic E-state index is 0.00504. The van der Waals surface area contributed by atoms with Crippen LogP contribution in [-0.2, 0) is 21.4 Å². The first-order chi connectivity index (χ1) is 18.9. The van der Waals surface area contributed by atoms with Gasteiger partial charge in [-0.1, -0.05) is 12.1 Å². The van der Waals surface area contributed by atoms with Gasteiger partial charge >= 0.3 is 0 Å². The van der Waals surface area contributed by atoms with E-state index in [1.165, 1.54) is 31.1 Å². The van der Waals surface area contributed by atoms with Crippen molar-refractivity contribution in [3.05, 3.63) is 81.4 Å². The highest BCUT2D eigenvalue weighted by Gasteiger charge is 2.72. The van der Waals surface area contributed by atoms with E-state index in [9.17, 15) is 19.7 Å². The van der Waals surface area contributed by atoms with E-state index >= 15 is 0 Å². The Hall–Kier alpha value is -3.98. The number of hydrogen-bond donors (Lipinski definition) is 1. The van der Waals surface area contributed by atoms with E-state index in [1.54, 1.807) is 31.4 Å². The number of piperidine rings is 1. The molecule has 2 fully saturated rings. The van der Waals surface area contributed by atoms with Gasteiger partial charge in [-0.15, -0.1) is 0 Å². The van der Waals surface area contributed by atoms with Crippen molar-refractivity contribution in [1.82, 2.24) is 10.2 Å². The van der Waals surface area contributed by atoms with Crippen molar-refractivity contribution in [3.8, 4) is 11.5 Å². The molecular formula is C30H29N3O6. The number of ether oxygens (including phenoxy) is 2. The van der Waals surface area contributed by atoms with Gasteiger partial charge < -0.3 is 14.8 Å². The molecule has 1 saturated heterocycles. The van der Waals surface area contributed by atoms with E-state index in [0.29, 0.717) is 29.4 Å². The molecule has 200 valence electrons. The van der Waals surface area contributed by atoms with Crippen molar-refractivity contribution in [2.24, 2.45) is 5.92 Å². The molecule has 7 rings (SSSR count). The van der Waals surface area contributed by atoms with Crippen LogP contribution in [0.4, 0.5) is 5.69 Å². The molecule has 2 aliphatic heterocycles. The highest BCUT2D eigenvalue weighted by atomic mass is 16.6. The molecule has 2 bridgehead atoms. The summed E-state index contributed by atoms with van der Waals surface area (Å²) in [5.41, 5.74) is 1.23. The zero-order chi connectivity index (χ0) is 26.9. The Balaban J connectivity index is 1.31. The number of carbonyl (C=O) groups excluding carboxylic acids is 2. The minimum Gasteiger partial charge on any atom is -0.493 e. The molecule has 9 heteroatoms. The number of nitrogens with zero attached hydrogens (tertiary/aromatic N) is 2. The lowest BCUT2D eigenvalue weighted by atomic mass is 9.49. The van der Waals surface area contributed by atoms with Crippen molar-refractivity contribution < 1.29 is 24.0 Å². The number of methoxy groups -OCH3 is 1. The van der Waals surface area contributed by atoms with E-state index in [1.807, 2.05) is 12.1 Å². The Bertz CT molecular complexity index is 1460. The van der Waals surface area contributed by atoms with Gasteiger partial charge in [0.1, 0.15) is 0 Å². The van der Waals surface area contributed by atoms with Gasteiger partial charge in [-0.05, 0) is 79.6 Å². The smallest absolute Gasteiger partial charge is 0.269 e. The van der Waals surface area contributed by atoms with Gasteiger partial charge in [0.2, 0.25) is 5.91 Å². The van der Waals surface area contributed by atoms with Crippen LogP contribution in [0.1, 0.15) is 36.0 Å².